The Labute approximate surface area is 107 Å². The third-order valence-corrected chi connectivity index (χ3v) is 3.07. The average molecular weight is 251 g/mol. The first-order chi connectivity index (χ1) is 8.11. The Morgan fingerprint density at radius 1 is 1.53 bits per heavy atom. The fourth-order valence-electron chi connectivity index (χ4n) is 1.60. The maximum atomic E-state index is 12.2. The van der Waals surface area contributed by atoms with Crippen LogP contribution >= 0.6 is 11.6 Å². The van der Waals surface area contributed by atoms with E-state index in [1.54, 1.807) is 23.1 Å². The lowest BCUT2D eigenvalue weighted by atomic mass is 10.1. The van der Waals surface area contributed by atoms with Crippen molar-refractivity contribution in [3.8, 4) is 6.07 Å². The second-order valence-electron chi connectivity index (χ2n) is 3.71. The minimum Gasteiger partial charge on any atom is -0.338 e. The summed E-state index contributed by atoms with van der Waals surface area (Å²) in [5, 5.41) is 9.14. The fraction of sp³-hybridized carbons (Fsp3) is 0.385. The summed E-state index contributed by atoms with van der Waals surface area (Å²) < 4.78 is 0. The van der Waals surface area contributed by atoms with Gasteiger partial charge in [-0.1, -0.05) is 17.7 Å². The Morgan fingerprint density at radius 2 is 2.24 bits per heavy atom. The van der Waals surface area contributed by atoms with E-state index >= 15 is 0 Å². The van der Waals surface area contributed by atoms with Crippen molar-refractivity contribution in [2.24, 2.45) is 0 Å². The molecule has 3 nitrogen and oxygen atoms in total. The first-order valence-corrected chi connectivity index (χ1v) is 5.91. The van der Waals surface area contributed by atoms with Gasteiger partial charge in [0.1, 0.15) is 0 Å². The van der Waals surface area contributed by atoms with Crippen LogP contribution in [0.25, 0.3) is 0 Å². The van der Waals surface area contributed by atoms with Crippen LogP contribution in [0, 0.1) is 18.3 Å². The summed E-state index contributed by atoms with van der Waals surface area (Å²) in [6.45, 7) is 4.77. The van der Waals surface area contributed by atoms with Crippen molar-refractivity contribution in [2.45, 2.75) is 20.3 Å². The molecular formula is C13H15ClN2O. The van der Waals surface area contributed by atoms with Crippen molar-refractivity contribution in [3.05, 3.63) is 34.3 Å². The largest absolute Gasteiger partial charge is 0.338 e. The molecule has 0 heterocycles. The molecule has 0 atom stereocenters. The van der Waals surface area contributed by atoms with Crippen molar-refractivity contribution in [2.75, 3.05) is 13.1 Å². The molecule has 1 aromatic carbocycles. The standard InChI is InChI=1S/C13H15ClN2O/c1-3-16(9-5-8-15)13(17)11-6-4-7-12(14)10(11)2/h4,6-7H,3,5,9H2,1-2H3. The molecule has 0 spiro atoms. The topological polar surface area (TPSA) is 44.1 Å². The smallest absolute Gasteiger partial charge is 0.254 e. The molecule has 1 rings (SSSR count). The molecule has 0 aliphatic rings. The Kier molecular flexibility index (Phi) is 4.99. The van der Waals surface area contributed by atoms with Gasteiger partial charge in [-0.3, -0.25) is 4.79 Å². The number of halogens is 1. The van der Waals surface area contributed by atoms with Gasteiger partial charge in [0.2, 0.25) is 0 Å². The lowest BCUT2D eigenvalue weighted by Gasteiger charge is -2.20. The molecule has 1 aromatic rings. The Bertz CT molecular complexity index is 451. The molecule has 0 fully saturated rings. The van der Waals surface area contributed by atoms with Crippen molar-refractivity contribution >= 4 is 17.5 Å². The average Bonchev–Trinajstić information content (AvgIpc) is 2.33. The van der Waals surface area contributed by atoms with Gasteiger partial charge >= 0.3 is 0 Å². The number of benzene rings is 1. The van der Waals surface area contributed by atoms with Crippen LogP contribution in [0.15, 0.2) is 18.2 Å². The van der Waals surface area contributed by atoms with Gasteiger partial charge in [0.25, 0.3) is 5.91 Å². The number of nitriles is 1. The van der Waals surface area contributed by atoms with Crippen LogP contribution < -0.4 is 0 Å². The van der Waals surface area contributed by atoms with E-state index in [9.17, 15) is 4.79 Å². The number of hydrogen-bond acceptors (Lipinski definition) is 2. The molecule has 0 radical (unpaired) electrons. The zero-order valence-corrected chi connectivity index (χ0v) is 10.8. The van der Waals surface area contributed by atoms with E-state index < -0.39 is 0 Å². The lowest BCUT2D eigenvalue weighted by molar-refractivity contribution is 0.0767. The van der Waals surface area contributed by atoms with Crippen LogP contribution in [0.4, 0.5) is 0 Å². The summed E-state index contributed by atoms with van der Waals surface area (Å²) in [6.07, 6.45) is 0.346. The van der Waals surface area contributed by atoms with Crippen molar-refractivity contribution in [1.82, 2.24) is 4.90 Å². The molecule has 0 saturated carbocycles. The maximum Gasteiger partial charge on any atom is 0.254 e. The molecule has 0 saturated heterocycles. The summed E-state index contributed by atoms with van der Waals surface area (Å²) in [4.78, 5) is 13.9. The summed E-state index contributed by atoms with van der Waals surface area (Å²) in [6, 6.07) is 7.34. The van der Waals surface area contributed by atoms with Crippen LogP contribution in [-0.4, -0.2) is 23.9 Å². The predicted octanol–water partition coefficient (Wildman–Crippen LogP) is 3.02. The van der Waals surface area contributed by atoms with Gasteiger partial charge in [0.05, 0.1) is 12.5 Å². The minimum atomic E-state index is -0.0669. The number of carbonyl (C=O) groups excluding carboxylic acids is 1. The lowest BCUT2D eigenvalue weighted by Crippen LogP contribution is -2.32. The molecule has 0 unspecified atom stereocenters. The van der Waals surface area contributed by atoms with Crippen molar-refractivity contribution in [1.29, 1.82) is 5.26 Å². The van der Waals surface area contributed by atoms with Crippen LogP contribution in [0.1, 0.15) is 29.3 Å². The van der Waals surface area contributed by atoms with Crippen LogP contribution in [0.5, 0.6) is 0 Å². The van der Waals surface area contributed by atoms with E-state index in [2.05, 4.69) is 0 Å². The zero-order chi connectivity index (χ0) is 12.8. The van der Waals surface area contributed by atoms with E-state index in [1.165, 1.54) is 0 Å². The highest BCUT2D eigenvalue weighted by molar-refractivity contribution is 6.31. The van der Waals surface area contributed by atoms with Crippen LogP contribution in [0.2, 0.25) is 5.02 Å². The number of amides is 1. The number of nitrogens with zero attached hydrogens (tertiary/aromatic N) is 2. The summed E-state index contributed by atoms with van der Waals surface area (Å²) in [5.41, 5.74) is 1.40. The van der Waals surface area contributed by atoms with E-state index in [-0.39, 0.29) is 5.91 Å². The van der Waals surface area contributed by atoms with E-state index in [0.29, 0.717) is 30.1 Å². The van der Waals surface area contributed by atoms with Gasteiger partial charge in [-0.25, -0.2) is 0 Å². The maximum absolute atomic E-state index is 12.2. The SMILES string of the molecule is CCN(CCC#N)C(=O)c1cccc(Cl)c1C. The van der Waals surface area contributed by atoms with Gasteiger partial charge in [0.15, 0.2) is 0 Å². The number of hydrogen-bond donors (Lipinski definition) is 0. The van der Waals surface area contributed by atoms with Gasteiger partial charge < -0.3 is 4.90 Å². The summed E-state index contributed by atoms with van der Waals surface area (Å²) in [5.74, 6) is -0.0669. The molecule has 0 aliphatic carbocycles. The molecule has 0 aliphatic heterocycles. The van der Waals surface area contributed by atoms with E-state index in [4.69, 9.17) is 16.9 Å². The molecular weight excluding hydrogens is 236 g/mol. The zero-order valence-electron chi connectivity index (χ0n) is 10.0. The van der Waals surface area contributed by atoms with Crippen LogP contribution in [0.3, 0.4) is 0 Å². The normalized spacial score (nSPS) is 9.76. The van der Waals surface area contributed by atoms with Crippen molar-refractivity contribution < 1.29 is 4.79 Å². The molecule has 0 bridgehead atoms. The van der Waals surface area contributed by atoms with Gasteiger partial charge in [-0.2, -0.15) is 5.26 Å². The van der Waals surface area contributed by atoms with Crippen molar-refractivity contribution in [3.63, 3.8) is 0 Å². The molecule has 90 valence electrons. The highest BCUT2D eigenvalue weighted by Gasteiger charge is 2.16. The highest BCUT2D eigenvalue weighted by Crippen LogP contribution is 2.20. The fourth-order valence-corrected chi connectivity index (χ4v) is 1.77. The quantitative estimate of drug-likeness (QED) is 0.825. The Balaban J connectivity index is 2.94. The van der Waals surface area contributed by atoms with Crippen LogP contribution in [-0.2, 0) is 0 Å². The third kappa shape index (κ3) is 3.21. The molecule has 1 amide bonds. The summed E-state index contributed by atoms with van der Waals surface area (Å²) >= 11 is 5.99. The van der Waals surface area contributed by atoms with Gasteiger partial charge in [-0.15, -0.1) is 0 Å². The Hall–Kier alpha value is -1.53. The van der Waals surface area contributed by atoms with Gasteiger partial charge in [-0.05, 0) is 31.5 Å². The molecule has 0 N–H and O–H groups in total. The predicted molar refractivity (Wildman–Crippen MR) is 68.0 cm³/mol. The molecule has 4 heteroatoms. The third-order valence-electron chi connectivity index (χ3n) is 2.66. The van der Waals surface area contributed by atoms with E-state index in [1.807, 2.05) is 19.9 Å². The number of rotatable bonds is 4. The molecule has 0 aromatic heterocycles. The first kappa shape index (κ1) is 13.5. The van der Waals surface area contributed by atoms with E-state index in [0.717, 1.165) is 5.56 Å². The molecule has 17 heavy (non-hydrogen) atoms. The number of carbonyl (C=O) groups is 1. The Morgan fingerprint density at radius 3 is 2.82 bits per heavy atom. The first-order valence-electron chi connectivity index (χ1n) is 5.53. The highest BCUT2D eigenvalue weighted by atomic mass is 35.5. The second-order valence-corrected chi connectivity index (χ2v) is 4.11. The monoisotopic (exact) mass is 250 g/mol. The summed E-state index contributed by atoms with van der Waals surface area (Å²) in [7, 11) is 0. The minimum absolute atomic E-state index is 0.0669. The second kappa shape index (κ2) is 6.27. The van der Waals surface area contributed by atoms with Gasteiger partial charge in [0, 0.05) is 23.7 Å².